The van der Waals surface area contributed by atoms with E-state index in [0.29, 0.717) is 0 Å². The van der Waals surface area contributed by atoms with Crippen molar-refractivity contribution in [2.24, 2.45) is 5.73 Å². The van der Waals surface area contributed by atoms with Crippen LogP contribution in [0.1, 0.15) is 24.9 Å². The summed E-state index contributed by atoms with van der Waals surface area (Å²) in [5.74, 6) is 2.23. The number of halogens is 2. The normalized spacial score (nSPS) is 12.0. The third-order valence-corrected chi connectivity index (χ3v) is 4.42. The van der Waals surface area contributed by atoms with E-state index in [4.69, 9.17) is 15.2 Å². The molecule has 0 fully saturated rings. The number of nitrogens with two attached hydrogens (primary N) is 1. The van der Waals surface area contributed by atoms with E-state index < -0.39 is 0 Å². The molecule has 112 valence electrons. The molecule has 3 nitrogen and oxygen atoms in total. The van der Waals surface area contributed by atoms with Gasteiger partial charge in [0.15, 0.2) is 0 Å². The van der Waals surface area contributed by atoms with Gasteiger partial charge in [0.1, 0.15) is 17.2 Å². The van der Waals surface area contributed by atoms with Crippen molar-refractivity contribution in [2.45, 2.75) is 19.4 Å². The van der Waals surface area contributed by atoms with E-state index in [9.17, 15) is 0 Å². The van der Waals surface area contributed by atoms with Crippen LogP contribution in [0.2, 0.25) is 0 Å². The molecule has 5 heteroatoms. The molecule has 0 bridgehead atoms. The summed E-state index contributed by atoms with van der Waals surface area (Å²) in [5.41, 5.74) is 7.12. The quantitative estimate of drug-likeness (QED) is 0.709. The molecule has 2 N–H and O–H groups in total. The summed E-state index contributed by atoms with van der Waals surface area (Å²) in [5, 5.41) is 0. The molecule has 0 radical (unpaired) electrons. The monoisotopic (exact) mass is 413 g/mol. The van der Waals surface area contributed by atoms with Crippen molar-refractivity contribution in [1.29, 1.82) is 0 Å². The minimum atomic E-state index is 0.0703. The fourth-order valence-electron chi connectivity index (χ4n) is 1.89. The van der Waals surface area contributed by atoms with Crippen LogP contribution in [0.15, 0.2) is 45.3 Å². The van der Waals surface area contributed by atoms with Crippen molar-refractivity contribution in [3.05, 3.63) is 50.9 Å². The lowest BCUT2D eigenvalue weighted by molar-refractivity contribution is 0.409. The molecule has 0 aliphatic heterocycles. The molecule has 2 aromatic rings. The number of benzene rings is 2. The van der Waals surface area contributed by atoms with Crippen LogP contribution in [0.25, 0.3) is 0 Å². The van der Waals surface area contributed by atoms with Crippen molar-refractivity contribution in [1.82, 2.24) is 0 Å². The average Bonchev–Trinajstić information content (AvgIpc) is 2.50. The average molecular weight is 415 g/mol. The third-order valence-electron chi connectivity index (χ3n) is 3.18. The first-order valence-corrected chi connectivity index (χ1v) is 8.20. The maximum absolute atomic E-state index is 6.00. The molecule has 0 spiro atoms. The Labute approximate surface area is 141 Å². The van der Waals surface area contributed by atoms with E-state index in [0.717, 1.165) is 38.2 Å². The van der Waals surface area contributed by atoms with Gasteiger partial charge in [-0.15, -0.1) is 0 Å². The van der Waals surface area contributed by atoms with E-state index in [1.54, 1.807) is 7.11 Å². The second-order valence-electron chi connectivity index (χ2n) is 4.60. The lowest BCUT2D eigenvalue weighted by atomic mass is 10.1. The number of hydrogen-bond donors (Lipinski definition) is 1. The summed E-state index contributed by atoms with van der Waals surface area (Å²) < 4.78 is 12.8. The first kappa shape index (κ1) is 16.3. The minimum Gasteiger partial charge on any atom is -0.496 e. The van der Waals surface area contributed by atoms with Crippen molar-refractivity contribution in [3.63, 3.8) is 0 Å². The molecule has 0 aliphatic carbocycles. The molecular formula is C16H17Br2NO2. The van der Waals surface area contributed by atoms with Crippen LogP contribution in [0, 0.1) is 0 Å². The zero-order valence-electron chi connectivity index (χ0n) is 11.9. The van der Waals surface area contributed by atoms with Crippen LogP contribution < -0.4 is 15.2 Å². The summed E-state index contributed by atoms with van der Waals surface area (Å²) in [7, 11) is 1.63. The Morgan fingerprint density at radius 3 is 2.19 bits per heavy atom. The Morgan fingerprint density at radius 1 is 1.05 bits per heavy atom. The van der Waals surface area contributed by atoms with Gasteiger partial charge in [0.05, 0.1) is 16.1 Å². The van der Waals surface area contributed by atoms with Gasteiger partial charge in [0.2, 0.25) is 0 Å². The van der Waals surface area contributed by atoms with E-state index in [1.807, 2.05) is 36.4 Å². The lowest BCUT2D eigenvalue weighted by Gasteiger charge is -2.13. The van der Waals surface area contributed by atoms with Crippen molar-refractivity contribution >= 4 is 31.9 Å². The van der Waals surface area contributed by atoms with E-state index >= 15 is 0 Å². The minimum absolute atomic E-state index is 0.0703. The summed E-state index contributed by atoms with van der Waals surface area (Å²) >= 11 is 6.94. The Balaban J connectivity index is 2.20. The van der Waals surface area contributed by atoms with Gasteiger partial charge in [-0.3, -0.25) is 0 Å². The third kappa shape index (κ3) is 3.99. The molecule has 0 saturated heterocycles. The number of rotatable bonds is 5. The van der Waals surface area contributed by atoms with E-state index in [-0.39, 0.29) is 6.04 Å². The van der Waals surface area contributed by atoms with Crippen LogP contribution in [0.5, 0.6) is 17.2 Å². The molecule has 0 heterocycles. The Bertz CT molecular complexity index is 614. The second kappa shape index (κ2) is 7.29. The molecule has 0 aliphatic rings. The molecule has 0 aromatic heterocycles. The highest BCUT2D eigenvalue weighted by atomic mass is 79.9. The van der Waals surface area contributed by atoms with Crippen LogP contribution in [-0.4, -0.2) is 7.11 Å². The Hall–Kier alpha value is -1.04. The number of methoxy groups -OCH3 is 1. The van der Waals surface area contributed by atoms with Gasteiger partial charge < -0.3 is 15.2 Å². The van der Waals surface area contributed by atoms with Crippen molar-refractivity contribution in [3.8, 4) is 17.2 Å². The van der Waals surface area contributed by atoms with Gasteiger partial charge in [-0.2, -0.15) is 0 Å². The van der Waals surface area contributed by atoms with Gasteiger partial charge in [0, 0.05) is 6.04 Å². The first-order chi connectivity index (χ1) is 10.0. The van der Waals surface area contributed by atoms with Crippen LogP contribution in [-0.2, 0) is 0 Å². The van der Waals surface area contributed by atoms with E-state index in [2.05, 4.69) is 38.8 Å². The van der Waals surface area contributed by atoms with Crippen LogP contribution in [0.4, 0.5) is 0 Å². The molecule has 0 amide bonds. The summed E-state index contributed by atoms with van der Waals surface area (Å²) in [6.07, 6.45) is 0.914. The van der Waals surface area contributed by atoms with Gasteiger partial charge in [-0.05, 0) is 68.1 Å². The first-order valence-electron chi connectivity index (χ1n) is 6.61. The van der Waals surface area contributed by atoms with Gasteiger partial charge in [-0.1, -0.05) is 19.1 Å². The maximum Gasteiger partial charge on any atom is 0.143 e. The van der Waals surface area contributed by atoms with Crippen LogP contribution >= 0.6 is 31.9 Å². The molecular weight excluding hydrogens is 398 g/mol. The number of ether oxygens (including phenoxy) is 2. The topological polar surface area (TPSA) is 44.5 Å². The van der Waals surface area contributed by atoms with Gasteiger partial charge >= 0.3 is 0 Å². The standard InChI is InChI=1S/C16H17Br2NO2/c1-3-14(19)10-4-6-11(7-5-10)21-16-9-12(17)15(20-2)8-13(16)18/h4-9,14H,3,19H2,1-2H3/t14-/m0/s1. The predicted molar refractivity (Wildman–Crippen MR) is 92.1 cm³/mol. The highest BCUT2D eigenvalue weighted by Crippen LogP contribution is 2.38. The largest absolute Gasteiger partial charge is 0.496 e. The smallest absolute Gasteiger partial charge is 0.143 e. The molecule has 1 atom stereocenters. The maximum atomic E-state index is 6.00. The molecule has 0 unspecified atom stereocenters. The fourth-order valence-corrected chi connectivity index (χ4v) is 2.78. The Morgan fingerprint density at radius 2 is 1.62 bits per heavy atom. The van der Waals surface area contributed by atoms with E-state index in [1.165, 1.54) is 0 Å². The predicted octanol–water partition coefficient (Wildman–Crippen LogP) is 5.42. The molecule has 21 heavy (non-hydrogen) atoms. The highest BCUT2D eigenvalue weighted by Gasteiger charge is 2.10. The van der Waals surface area contributed by atoms with Gasteiger partial charge in [-0.25, -0.2) is 0 Å². The summed E-state index contributed by atoms with van der Waals surface area (Å²) in [6, 6.07) is 11.6. The molecule has 2 rings (SSSR count). The fraction of sp³-hybridized carbons (Fsp3) is 0.250. The van der Waals surface area contributed by atoms with Crippen molar-refractivity contribution in [2.75, 3.05) is 7.11 Å². The van der Waals surface area contributed by atoms with Gasteiger partial charge in [0.25, 0.3) is 0 Å². The van der Waals surface area contributed by atoms with Crippen molar-refractivity contribution < 1.29 is 9.47 Å². The Kier molecular flexibility index (Phi) is 5.67. The zero-order valence-corrected chi connectivity index (χ0v) is 15.1. The molecule has 2 aromatic carbocycles. The lowest BCUT2D eigenvalue weighted by Crippen LogP contribution is -2.08. The highest BCUT2D eigenvalue weighted by molar-refractivity contribution is 9.11. The van der Waals surface area contributed by atoms with Crippen LogP contribution in [0.3, 0.4) is 0 Å². The summed E-state index contributed by atoms with van der Waals surface area (Å²) in [6.45, 7) is 2.07. The summed E-state index contributed by atoms with van der Waals surface area (Å²) in [4.78, 5) is 0. The molecule has 0 saturated carbocycles. The number of hydrogen-bond acceptors (Lipinski definition) is 3. The zero-order chi connectivity index (χ0) is 15.4. The SMILES string of the molecule is CC[C@H](N)c1ccc(Oc2cc(Br)c(OC)cc2Br)cc1. The second-order valence-corrected chi connectivity index (χ2v) is 6.31.